The third-order valence-corrected chi connectivity index (χ3v) is 3.67. The van der Waals surface area contributed by atoms with Gasteiger partial charge in [-0.2, -0.15) is 8.78 Å². The molecule has 0 spiro atoms. The molecule has 0 aliphatic heterocycles. The molecule has 16 heavy (non-hydrogen) atoms. The normalized spacial score (nSPS) is 34.8. The molecule has 0 aromatic heterocycles. The molecule has 0 saturated heterocycles. The predicted molar refractivity (Wildman–Crippen MR) is 54.3 cm³/mol. The van der Waals surface area contributed by atoms with Crippen LogP contribution in [0.1, 0.15) is 40.0 Å². The molecule has 94 valence electrons. The lowest BCUT2D eigenvalue weighted by atomic mass is 9.63. The number of alkyl halides is 2. The van der Waals surface area contributed by atoms with Crippen molar-refractivity contribution in [2.75, 3.05) is 0 Å². The van der Waals surface area contributed by atoms with Crippen LogP contribution in [0.5, 0.6) is 0 Å². The Bertz CT molecular complexity index is 302. The van der Waals surface area contributed by atoms with E-state index >= 15 is 0 Å². The second-order valence-electron chi connectivity index (χ2n) is 5.57. The summed E-state index contributed by atoms with van der Waals surface area (Å²) in [5.41, 5.74) is -2.55. The van der Waals surface area contributed by atoms with Gasteiger partial charge >= 0.3 is 11.9 Å². The highest BCUT2D eigenvalue weighted by Crippen LogP contribution is 2.50. The molecule has 1 rings (SSSR count). The summed E-state index contributed by atoms with van der Waals surface area (Å²) in [4.78, 5) is 10.5. The molecule has 0 aromatic carbocycles. The number of aliphatic hydroxyl groups is 1. The molecule has 1 saturated carbocycles. The summed E-state index contributed by atoms with van der Waals surface area (Å²) in [5, 5.41) is 18.4. The molecule has 1 aliphatic carbocycles. The highest BCUT2D eigenvalue weighted by molar-refractivity contribution is 5.77. The van der Waals surface area contributed by atoms with Crippen LogP contribution in [0.2, 0.25) is 0 Å². The summed E-state index contributed by atoms with van der Waals surface area (Å²) in [5.74, 6) is -7.06. The molecule has 0 amide bonds. The minimum Gasteiger partial charge on any atom is -0.477 e. The van der Waals surface area contributed by atoms with Gasteiger partial charge in [-0.3, -0.25) is 0 Å². The molecule has 1 fully saturated rings. The van der Waals surface area contributed by atoms with Crippen LogP contribution >= 0.6 is 0 Å². The van der Waals surface area contributed by atoms with Crippen LogP contribution in [0.3, 0.4) is 0 Å². The van der Waals surface area contributed by atoms with Gasteiger partial charge in [-0.05, 0) is 30.6 Å². The van der Waals surface area contributed by atoms with Crippen LogP contribution in [-0.2, 0) is 4.79 Å². The van der Waals surface area contributed by atoms with Crippen LogP contribution < -0.4 is 0 Å². The lowest BCUT2D eigenvalue weighted by molar-refractivity contribution is -0.235. The van der Waals surface area contributed by atoms with Crippen molar-refractivity contribution in [1.29, 1.82) is 0 Å². The Hall–Kier alpha value is -0.710. The number of carboxylic acid groups (broad SMARTS) is 1. The summed E-state index contributed by atoms with van der Waals surface area (Å²) in [6.45, 7) is 5.35. The fraction of sp³-hybridized carbons (Fsp3) is 0.909. The maximum Gasteiger partial charge on any atom is 0.377 e. The maximum absolute atomic E-state index is 13.5. The van der Waals surface area contributed by atoms with Crippen molar-refractivity contribution in [3.8, 4) is 0 Å². The Balaban J connectivity index is 3.00. The Labute approximate surface area is 93.5 Å². The van der Waals surface area contributed by atoms with E-state index in [1.807, 2.05) is 13.8 Å². The second kappa shape index (κ2) is 3.65. The molecule has 0 bridgehead atoms. The van der Waals surface area contributed by atoms with Crippen LogP contribution in [0.15, 0.2) is 0 Å². The fourth-order valence-corrected chi connectivity index (χ4v) is 2.53. The van der Waals surface area contributed by atoms with E-state index in [-0.39, 0.29) is 11.8 Å². The first kappa shape index (κ1) is 13.4. The Morgan fingerprint density at radius 1 is 1.38 bits per heavy atom. The van der Waals surface area contributed by atoms with Crippen LogP contribution in [-0.4, -0.2) is 27.7 Å². The van der Waals surface area contributed by atoms with E-state index in [0.717, 1.165) is 0 Å². The van der Waals surface area contributed by atoms with E-state index in [0.29, 0.717) is 12.8 Å². The highest BCUT2D eigenvalue weighted by Gasteiger charge is 2.63. The van der Waals surface area contributed by atoms with Crippen molar-refractivity contribution in [3.63, 3.8) is 0 Å². The van der Waals surface area contributed by atoms with Gasteiger partial charge in [0, 0.05) is 0 Å². The van der Waals surface area contributed by atoms with Gasteiger partial charge in [-0.15, -0.1) is 0 Å². The number of carbonyl (C=O) groups is 1. The molecular weight excluding hydrogens is 218 g/mol. The quantitative estimate of drug-likeness (QED) is 0.773. The highest BCUT2D eigenvalue weighted by atomic mass is 19.3. The zero-order valence-corrected chi connectivity index (χ0v) is 9.76. The SMILES string of the molecule is CC1CC(C)(C)CCC1(O)C(F)(F)C(=O)O. The topological polar surface area (TPSA) is 57.5 Å². The third kappa shape index (κ3) is 1.93. The van der Waals surface area contributed by atoms with Crippen molar-refractivity contribution in [1.82, 2.24) is 0 Å². The zero-order valence-electron chi connectivity index (χ0n) is 9.76. The molecule has 0 radical (unpaired) electrons. The van der Waals surface area contributed by atoms with Gasteiger partial charge in [0.2, 0.25) is 0 Å². The molecule has 0 aromatic rings. The Morgan fingerprint density at radius 2 is 1.88 bits per heavy atom. The molecular formula is C11H18F2O3. The van der Waals surface area contributed by atoms with E-state index < -0.39 is 23.4 Å². The van der Waals surface area contributed by atoms with Crippen LogP contribution in [0, 0.1) is 11.3 Å². The summed E-state index contributed by atoms with van der Waals surface area (Å²) < 4.78 is 26.9. The smallest absolute Gasteiger partial charge is 0.377 e. The summed E-state index contributed by atoms with van der Waals surface area (Å²) in [6, 6.07) is 0. The average molecular weight is 236 g/mol. The number of rotatable bonds is 2. The van der Waals surface area contributed by atoms with Crippen LogP contribution in [0.25, 0.3) is 0 Å². The van der Waals surface area contributed by atoms with Gasteiger partial charge in [0.25, 0.3) is 0 Å². The monoisotopic (exact) mass is 236 g/mol. The van der Waals surface area contributed by atoms with Gasteiger partial charge in [-0.1, -0.05) is 20.8 Å². The second-order valence-corrected chi connectivity index (χ2v) is 5.57. The van der Waals surface area contributed by atoms with E-state index in [1.54, 1.807) is 0 Å². The number of hydrogen-bond donors (Lipinski definition) is 2. The van der Waals surface area contributed by atoms with Gasteiger partial charge in [-0.25, -0.2) is 4.79 Å². The van der Waals surface area contributed by atoms with E-state index in [1.165, 1.54) is 6.92 Å². The molecule has 0 heterocycles. The van der Waals surface area contributed by atoms with Crippen LogP contribution in [0.4, 0.5) is 8.78 Å². The molecule has 2 N–H and O–H groups in total. The minimum atomic E-state index is -4.08. The van der Waals surface area contributed by atoms with E-state index in [9.17, 15) is 18.7 Å². The van der Waals surface area contributed by atoms with Gasteiger partial charge in [0.05, 0.1) is 0 Å². The first-order chi connectivity index (χ1) is 7.03. The van der Waals surface area contributed by atoms with Crippen molar-refractivity contribution < 1.29 is 23.8 Å². The van der Waals surface area contributed by atoms with Crippen molar-refractivity contribution in [2.24, 2.45) is 11.3 Å². The summed E-state index contributed by atoms with van der Waals surface area (Å²) >= 11 is 0. The molecule has 1 aliphatic rings. The fourth-order valence-electron chi connectivity index (χ4n) is 2.53. The number of carboxylic acids is 1. The largest absolute Gasteiger partial charge is 0.477 e. The van der Waals surface area contributed by atoms with Crippen molar-refractivity contribution in [2.45, 2.75) is 51.6 Å². The van der Waals surface area contributed by atoms with E-state index in [2.05, 4.69) is 0 Å². The predicted octanol–water partition coefficient (Wildman–Crippen LogP) is 2.28. The summed E-state index contributed by atoms with van der Waals surface area (Å²) in [7, 11) is 0. The third-order valence-electron chi connectivity index (χ3n) is 3.67. The Kier molecular flexibility index (Phi) is 3.05. The number of hydrogen-bond acceptors (Lipinski definition) is 2. The first-order valence-corrected chi connectivity index (χ1v) is 5.36. The molecule has 2 atom stereocenters. The lowest BCUT2D eigenvalue weighted by Crippen LogP contribution is -2.60. The van der Waals surface area contributed by atoms with Crippen molar-refractivity contribution >= 4 is 5.97 Å². The Morgan fingerprint density at radius 3 is 2.25 bits per heavy atom. The number of aliphatic carboxylic acids is 1. The summed E-state index contributed by atoms with van der Waals surface area (Å²) in [6.07, 6.45) is 0.615. The first-order valence-electron chi connectivity index (χ1n) is 5.36. The van der Waals surface area contributed by atoms with Crippen molar-refractivity contribution in [3.05, 3.63) is 0 Å². The van der Waals surface area contributed by atoms with Gasteiger partial charge in [0.1, 0.15) is 5.60 Å². The molecule has 3 nitrogen and oxygen atoms in total. The minimum absolute atomic E-state index is 0.125. The average Bonchev–Trinajstić information content (AvgIpc) is 2.11. The number of halogens is 2. The standard InChI is InChI=1S/C11H18F2O3/c1-7-6-9(2,3)4-5-10(7,16)11(12,13)8(14)15/h7,16H,4-6H2,1-3H3,(H,14,15). The molecule has 5 heteroatoms. The van der Waals surface area contributed by atoms with Gasteiger partial charge < -0.3 is 10.2 Å². The van der Waals surface area contributed by atoms with E-state index in [4.69, 9.17) is 5.11 Å². The zero-order chi connectivity index (χ0) is 12.8. The maximum atomic E-state index is 13.5. The lowest BCUT2D eigenvalue weighted by Gasteiger charge is -2.47. The van der Waals surface area contributed by atoms with Gasteiger partial charge in [0.15, 0.2) is 0 Å². The molecule has 2 unspecified atom stereocenters.